The number of hydrogen-bond donors (Lipinski definition) is 1. The van der Waals surface area contributed by atoms with Gasteiger partial charge in [0.05, 0.1) is 7.11 Å². The molecule has 2 heterocycles. The number of hydrogen-bond acceptors (Lipinski definition) is 5. The molecular formula is C22H19NO5. The molecule has 142 valence electrons. The topological polar surface area (TPSA) is 81.5 Å². The molecule has 0 spiro atoms. The zero-order chi connectivity index (χ0) is 19.8. The molecule has 0 saturated heterocycles. The van der Waals surface area contributed by atoms with Crippen LogP contribution in [-0.4, -0.2) is 18.1 Å². The Labute approximate surface area is 160 Å². The number of esters is 1. The lowest BCUT2D eigenvalue weighted by atomic mass is 10.0. The zero-order valence-electron chi connectivity index (χ0n) is 15.8. The lowest BCUT2D eigenvalue weighted by Crippen LogP contribution is -2.08. The van der Waals surface area contributed by atoms with E-state index >= 15 is 0 Å². The summed E-state index contributed by atoms with van der Waals surface area (Å²) in [6.45, 7) is 3.82. The maximum atomic E-state index is 12.5. The molecule has 0 fully saturated rings. The fourth-order valence-electron chi connectivity index (χ4n) is 3.21. The number of aromatic nitrogens is 1. The van der Waals surface area contributed by atoms with Gasteiger partial charge < -0.3 is 18.9 Å². The Hall–Kier alpha value is -3.54. The molecule has 0 radical (unpaired) electrons. The summed E-state index contributed by atoms with van der Waals surface area (Å²) in [4.78, 5) is 27.5. The van der Waals surface area contributed by atoms with Crippen molar-refractivity contribution in [3.63, 3.8) is 0 Å². The molecule has 2 aromatic carbocycles. The van der Waals surface area contributed by atoms with E-state index < -0.39 is 11.6 Å². The molecule has 0 unspecified atom stereocenters. The Kier molecular flexibility index (Phi) is 4.39. The van der Waals surface area contributed by atoms with Crippen molar-refractivity contribution in [3.8, 4) is 5.75 Å². The van der Waals surface area contributed by atoms with Crippen molar-refractivity contribution in [1.82, 2.24) is 4.98 Å². The third kappa shape index (κ3) is 3.13. The third-order valence-electron chi connectivity index (χ3n) is 4.93. The van der Waals surface area contributed by atoms with Gasteiger partial charge in [0.15, 0.2) is 0 Å². The van der Waals surface area contributed by atoms with Gasteiger partial charge in [0, 0.05) is 34.0 Å². The van der Waals surface area contributed by atoms with E-state index in [9.17, 15) is 9.59 Å². The van der Waals surface area contributed by atoms with Crippen LogP contribution in [0.3, 0.4) is 0 Å². The van der Waals surface area contributed by atoms with Gasteiger partial charge in [-0.05, 0) is 43.2 Å². The predicted octanol–water partition coefficient (Wildman–Crippen LogP) is 4.26. The van der Waals surface area contributed by atoms with Gasteiger partial charge in [-0.3, -0.25) is 0 Å². The average molecular weight is 377 g/mol. The minimum Gasteiger partial charge on any atom is -0.497 e. The Morgan fingerprint density at radius 1 is 1.11 bits per heavy atom. The first-order valence-corrected chi connectivity index (χ1v) is 8.83. The third-order valence-corrected chi connectivity index (χ3v) is 4.93. The first kappa shape index (κ1) is 17.9. The van der Waals surface area contributed by atoms with Crippen LogP contribution in [0.2, 0.25) is 0 Å². The minimum atomic E-state index is -0.500. The molecule has 0 bridgehead atoms. The van der Waals surface area contributed by atoms with E-state index in [4.69, 9.17) is 13.9 Å². The number of benzene rings is 2. The molecule has 0 atom stereocenters. The summed E-state index contributed by atoms with van der Waals surface area (Å²) in [6, 6.07) is 12.4. The smallest absolute Gasteiger partial charge is 0.355 e. The number of H-pyrrole nitrogens is 1. The SMILES string of the molecule is COc1ccc2cc(C(=O)OCc3cc(=O)oc4c(C)c(C)ccc34)[nH]c2c1. The Morgan fingerprint density at radius 2 is 1.93 bits per heavy atom. The molecule has 0 aliphatic carbocycles. The summed E-state index contributed by atoms with van der Waals surface area (Å²) in [5, 5.41) is 1.64. The van der Waals surface area contributed by atoms with E-state index in [-0.39, 0.29) is 6.61 Å². The van der Waals surface area contributed by atoms with E-state index in [1.807, 2.05) is 44.2 Å². The van der Waals surface area contributed by atoms with Crippen molar-refractivity contribution in [2.24, 2.45) is 0 Å². The number of aryl methyl sites for hydroxylation is 2. The molecule has 4 rings (SSSR count). The molecule has 0 aliphatic heterocycles. The highest BCUT2D eigenvalue weighted by molar-refractivity contribution is 5.95. The van der Waals surface area contributed by atoms with E-state index in [2.05, 4.69) is 4.98 Å². The van der Waals surface area contributed by atoms with Crippen LogP contribution >= 0.6 is 0 Å². The normalized spacial score (nSPS) is 11.1. The fourth-order valence-corrected chi connectivity index (χ4v) is 3.21. The van der Waals surface area contributed by atoms with Gasteiger partial charge >= 0.3 is 11.6 Å². The van der Waals surface area contributed by atoms with E-state index in [1.54, 1.807) is 13.2 Å². The Bertz CT molecular complexity index is 1270. The van der Waals surface area contributed by atoms with Gasteiger partial charge in [-0.1, -0.05) is 12.1 Å². The highest BCUT2D eigenvalue weighted by atomic mass is 16.5. The van der Waals surface area contributed by atoms with Crippen LogP contribution in [0, 0.1) is 13.8 Å². The number of carbonyl (C=O) groups excluding carboxylic acids is 1. The Morgan fingerprint density at radius 3 is 2.71 bits per heavy atom. The zero-order valence-corrected chi connectivity index (χ0v) is 15.8. The van der Waals surface area contributed by atoms with Crippen LogP contribution in [0.25, 0.3) is 21.9 Å². The van der Waals surface area contributed by atoms with E-state index in [0.29, 0.717) is 22.6 Å². The fraction of sp³-hybridized carbons (Fsp3) is 0.182. The lowest BCUT2D eigenvalue weighted by Gasteiger charge is -2.09. The van der Waals surface area contributed by atoms with Crippen LogP contribution < -0.4 is 10.4 Å². The molecule has 0 saturated carbocycles. The highest BCUT2D eigenvalue weighted by Crippen LogP contribution is 2.25. The molecule has 28 heavy (non-hydrogen) atoms. The van der Waals surface area contributed by atoms with Crippen molar-refractivity contribution < 1.29 is 18.7 Å². The summed E-state index contributed by atoms with van der Waals surface area (Å²) < 4.78 is 16.0. The van der Waals surface area contributed by atoms with Gasteiger partial charge in [-0.2, -0.15) is 0 Å². The van der Waals surface area contributed by atoms with Gasteiger partial charge in [-0.25, -0.2) is 9.59 Å². The average Bonchev–Trinajstić information content (AvgIpc) is 3.12. The first-order valence-electron chi connectivity index (χ1n) is 8.83. The quantitative estimate of drug-likeness (QED) is 0.425. The van der Waals surface area contributed by atoms with Gasteiger partial charge in [0.1, 0.15) is 23.6 Å². The number of methoxy groups -OCH3 is 1. The number of carbonyl (C=O) groups is 1. The number of aromatic amines is 1. The molecule has 0 amide bonds. The molecule has 1 N–H and O–H groups in total. The van der Waals surface area contributed by atoms with Crippen molar-refractivity contribution in [1.29, 1.82) is 0 Å². The highest BCUT2D eigenvalue weighted by Gasteiger charge is 2.14. The standard InChI is InChI=1S/C22H19NO5/c1-12-4-7-17-15(9-20(24)28-21(17)13(12)2)11-27-22(25)19-8-14-5-6-16(26-3)10-18(14)23-19/h4-10,23H,11H2,1-3H3. The second-order valence-electron chi connectivity index (χ2n) is 6.69. The maximum absolute atomic E-state index is 12.5. The van der Waals surface area contributed by atoms with E-state index in [1.165, 1.54) is 6.07 Å². The number of rotatable bonds is 4. The molecule has 0 aliphatic rings. The Balaban J connectivity index is 1.62. The summed E-state index contributed by atoms with van der Waals surface area (Å²) >= 11 is 0. The van der Waals surface area contributed by atoms with Crippen LogP contribution in [-0.2, 0) is 11.3 Å². The van der Waals surface area contributed by atoms with Crippen LogP contribution in [0.15, 0.2) is 51.7 Å². The summed E-state index contributed by atoms with van der Waals surface area (Å²) in [5.74, 6) is 0.197. The van der Waals surface area contributed by atoms with Gasteiger partial charge in [0.25, 0.3) is 0 Å². The predicted molar refractivity (Wildman–Crippen MR) is 106 cm³/mol. The largest absolute Gasteiger partial charge is 0.497 e. The maximum Gasteiger partial charge on any atom is 0.355 e. The van der Waals surface area contributed by atoms with Crippen molar-refractivity contribution >= 4 is 27.8 Å². The van der Waals surface area contributed by atoms with Crippen molar-refractivity contribution in [3.05, 3.63) is 75.3 Å². The monoisotopic (exact) mass is 377 g/mol. The summed E-state index contributed by atoms with van der Waals surface area (Å²) in [7, 11) is 1.59. The number of fused-ring (bicyclic) bond motifs is 2. The molecule has 6 nitrogen and oxygen atoms in total. The first-order chi connectivity index (χ1) is 13.5. The number of ether oxygens (including phenoxy) is 2. The van der Waals surface area contributed by atoms with E-state index in [0.717, 1.165) is 27.4 Å². The van der Waals surface area contributed by atoms with Crippen molar-refractivity contribution in [2.45, 2.75) is 20.5 Å². The summed E-state index contributed by atoms with van der Waals surface area (Å²) in [6.07, 6.45) is 0. The van der Waals surface area contributed by atoms with Crippen LogP contribution in [0.1, 0.15) is 27.2 Å². The number of nitrogens with one attached hydrogen (secondary N) is 1. The van der Waals surface area contributed by atoms with Gasteiger partial charge in [-0.15, -0.1) is 0 Å². The van der Waals surface area contributed by atoms with Crippen LogP contribution in [0.4, 0.5) is 0 Å². The minimum absolute atomic E-state index is 0.0257. The summed E-state index contributed by atoms with van der Waals surface area (Å²) in [5.41, 5.74) is 3.71. The second kappa shape index (κ2) is 6.88. The molecule has 6 heteroatoms. The second-order valence-corrected chi connectivity index (χ2v) is 6.69. The molecule has 2 aromatic heterocycles. The van der Waals surface area contributed by atoms with Gasteiger partial charge in [0.2, 0.25) is 0 Å². The lowest BCUT2D eigenvalue weighted by molar-refractivity contribution is 0.0468. The van der Waals surface area contributed by atoms with Crippen LogP contribution in [0.5, 0.6) is 5.75 Å². The molecule has 4 aromatic rings. The molecular weight excluding hydrogens is 358 g/mol. The van der Waals surface area contributed by atoms with Crippen molar-refractivity contribution in [2.75, 3.05) is 7.11 Å².